The van der Waals surface area contributed by atoms with Gasteiger partial charge in [0.05, 0.1) is 19.9 Å². The molecule has 0 aliphatic carbocycles. The van der Waals surface area contributed by atoms with Crippen molar-refractivity contribution in [2.45, 2.75) is 4.21 Å². The summed E-state index contributed by atoms with van der Waals surface area (Å²) in [4.78, 5) is 0.332. The first-order chi connectivity index (χ1) is 9.98. The summed E-state index contributed by atoms with van der Waals surface area (Å²) < 4.78 is 37.1. The molecule has 2 aromatic rings. The smallest absolute Gasteiger partial charge is 0.271 e. The fraction of sp³-hybridized carbons (Fsp3) is 0.154. The van der Waals surface area contributed by atoms with E-state index < -0.39 is 10.0 Å². The maximum absolute atomic E-state index is 12.2. The molecule has 0 aliphatic rings. The molecule has 0 saturated carbocycles. The minimum Gasteiger partial charge on any atom is -0.497 e. The summed E-state index contributed by atoms with van der Waals surface area (Å²) in [5, 5.41) is 8.76. The molecule has 0 radical (unpaired) electrons. The molecule has 1 aromatic heterocycles. The van der Waals surface area contributed by atoms with Crippen molar-refractivity contribution in [3.05, 3.63) is 35.2 Å². The Morgan fingerprint density at radius 2 is 1.76 bits per heavy atom. The van der Waals surface area contributed by atoms with Crippen LogP contribution in [0, 0.1) is 11.3 Å². The molecular weight excluding hydrogens is 312 g/mol. The first-order valence-corrected chi connectivity index (χ1v) is 8.04. The van der Waals surface area contributed by atoms with Crippen LogP contribution in [0.15, 0.2) is 34.5 Å². The van der Waals surface area contributed by atoms with Crippen LogP contribution in [0.4, 0.5) is 5.69 Å². The Balaban J connectivity index is 2.34. The van der Waals surface area contributed by atoms with Crippen molar-refractivity contribution in [1.29, 1.82) is 5.26 Å². The minimum absolute atomic E-state index is 0.0702. The Morgan fingerprint density at radius 1 is 1.14 bits per heavy atom. The van der Waals surface area contributed by atoms with Gasteiger partial charge in [-0.05, 0) is 12.1 Å². The topological polar surface area (TPSA) is 88.4 Å². The third-order valence-electron chi connectivity index (χ3n) is 2.56. The van der Waals surface area contributed by atoms with Gasteiger partial charge in [0.15, 0.2) is 0 Å². The molecule has 0 spiro atoms. The van der Waals surface area contributed by atoms with Crippen molar-refractivity contribution < 1.29 is 17.9 Å². The lowest BCUT2D eigenvalue weighted by molar-refractivity contribution is 0.395. The van der Waals surface area contributed by atoms with E-state index in [0.29, 0.717) is 22.1 Å². The van der Waals surface area contributed by atoms with E-state index in [1.165, 1.54) is 26.4 Å². The third kappa shape index (κ3) is 3.45. The lowest BCUT2D eigenvalue weighted by Gasteiger charge is -2.10. The van der Waals surface area contributed by atoms with Crippen LogP contribution in [0.5, 0.6) is 11.5 Å². The minimum atomic E-state index is -3.75. The zero-order valence-corrected chi connectivity index (χ0v) is 12.9. The summed E-state index contributed by atoms with van der Waals surface area (Å²) in [6.07, 6.45) is 0. The quantitative estimate of drug-likeness (QED) is 0.912. The molecule has 110 valence electrons. The van der Waals surface area contributed by atoms with Crippen LogP contribution in [0.3, 0.4) is 0 Å². The molecule has 2 rings (SSSR count). The van der Waals surface area contributed by atoms with Crippen molar-refractivity contribution in [2.75, 3.05) is 18.9 Å². The van der Waals surface area contributed by atoms with Gasteiger partial charge < -0.3 is 9.47 Å². The van der Waals surface area contributed by atoms with Gasteiger partial charge in [-0.15, -0.1) is 11.3 Å². The van der Waals surface area contributed by atoms with Crippen molar-refractivity contribution in [3.8, 4) is 17.6 Å². The van der Waals surface area contributed by atoms with Crippen molar-refractivity contribution in [2.24, 2.45) is 0 Å². The molecule has 0 amide bonds. The van der Waals surface area contributed by atoms with E-state index in [4.69, 9.17) is 14.7 Å². The number of rotatable bonds is 5. The van der Waals surface area contributed by atoms with Crippen LogP contribution in [-0.2, 0) is 10.0 Å². The maximum atomic E-state index is 12.2. The highest BCUT2D eigenvalue weighted by Crippen LogP contribution is 2.29. The van der Waals surface area contributed by atoms with Crippen LogP contribution in [0.2, 0.25) is 0 Å². The number of nitrogens with one attached hydrogen (secondary N) is 1. The zero-order chi connectivity index (χ0) is 15.5. The number of hydrogen-bond donors (Lipinski definition) is 1. The summed E-state index contributed by atoms with van der Waals surface area (Å²) in [6.45, 7) is 0. The summed E-state index contributed by atoms with van der Waals surface area (Å²) >= 11 is 0.905. The third-order valence-corrected chi connectivity index (χ3v) is 5.42. The summed E-state index contributed by atoms with van der Waals surface area (Å²) in [5.74, 6) is 0.937. The van der Waals surface area contributed by atoms with Crippen molar-refractivity contribution in [1.82, 2.24) is 0 Å². The highest BCUT2D eigenvalue weighted by Gasteiger charge is 2.18. The van der Waals surface area contributed by atoms with E-state index in [2.05, 4.69) is 4.72 Å². The predicted molar refractivity (Wildman–Crippen MR) is 79.4 cm³/mol. The Bertz CT molecular complexity index is 768. The van der Waals surface area contributed by atoms with Crippen LogP contribution in [-0.4, -0.2) is 22.6 Å². The average Bonchev–Trinajstić information content (AvgIpc) is 2.96. The molecular formula is C13H12N2O4S2. The molecule has 0 unspecified atom stereocenters. The van der Waals surface area contributed by atoms with Gasteiger partial charge in [-0.1, -0.05) is 0 Å². The summed E-state index contributed by atoms with van der Waals surface area (Å²) in [5.41, 5.74) is 0.318. The Hall–Kier alpha value is -2.24. The van der Waals surface area contributed by atoms with Gasteiger partial charge in [0.2, 0.25) is 0 Å². The van der Waals surface area contributed by atoms with Gasteiger partial charge in [0, 0.05) is 18.2 Å². The fourth-order valence-corrected chi connectivity index (χ4v) is 3.74. The highest BCUT2D eigenvalue weighted by atomic mass is 32.2. The SMILES string of the molecule is COc1cc(NS(=O)(=O)c2ccc(C#N)s2)cc(OC)c1. The first kappa shape index (κ1) is 15.2. The Labute approximate surface area is 126 Å². The van der Waals surface area contributed by atoms with E-state index in [1.807, 2.05) is 6.07 Å². The normalized spacial score (nSPS) is 10.7. The zero-order valence-electron chi connectivity index (χ0n) is 11.3. The molecule has 0 bridgehead atoms. The van der Waals surface area contributed by atoms with E-state index in [-0.39, 0.29) is 4.21 Å². The van der Waals surface area contributed by atoms with Gasteiger partial charge in [0.25, 0.3) is 10.0 Å². The fourth-order valence-electron chi connectivity index (χ4n) is 1.60. The van der Waals surface area contributed by atoms with Gasteiger partial charge in [-0.25, -0.2) is 8.42 Å². The number of sulfonamides is 1. The highest BCUT2D eigenvalue weighted by molar-refractivity contribution is 7.94. The molecule has 1 N–H and O–H groups in total. The first-order valence-electron chi connectivity index (χ1n) is 5.74. The molecule has 21 heavy (non-hydrogen) atoms. The van der Waals surface area contributed by atoms with Crippen LogP contribution < -0.4 is 14.2 Å². The van der Waals surface area contributed by atoms with Gasteiger partial charge >= 0.3 is 0 Å². The molecule has 0 aliphatic heterocycles. The van der Waals surface area contributed by atoms with E-state index >= 15 is 0 Å². The molecule has 6 nitrogen and oxygen atoms in total. The van der Waals surface area contributed by atoms with Gasteiger partial charge in [0.1, 0.15) is 26.7 Å². The monoisotopic (exact) mass is 324 g/mol. The number of anilines is 1. The van der Waals surface area contributed by atoms with Gasteiger partial charge in [-0.2, -0.15) is 5.26 Å². The van der Waals surface area contributed by atoms with Crippen molar-refractivity contribution >= 4 is 27.0 Å². The second-order valence-electron chi connectivity index (χ2n) is 3.94. The lowest BCUT2D eigenvalue weighted by atomic mass is 10.3. The second-order valence-corrected chi connectivity index (χ2v) is 6.93. The summed E-state index contributed by atoms with van der Waals surface area (Å²) in [6, 6.07) is 9.48. The number of ether oxygens (including phenoxy) is 2. The number of hydrogen-bond acceptors (Lipinski definition) is 6. The summed E-state index contributed by atoms with van der Waals surface area (Å²) in [7, 11) is -0.791. The number of methoxy groups -OCH3 is 2. The number of thiophene rings is 1. The van der Waals surface area contributed by atoms with E-state index in [0.717, 1.165) is 11.3 Å². The molecule has 1 heterocycles. The molecule has 8 heteroatoms. The average molecular weight is 324 g/mol. The maximum Gasteiger partial charge on any atom is 0.271 e. The lowest BCUT2D eigenvalue weighted by Crippen LogP contribution is -2.11. The Kier molecular flexibility index (Phi) is 4.35. The van der Waals surface area contributed by atoms with Crippen LogP contribution in [0.25, 0.3) is 0 Å². The number of nitriles is 1. The van der Waals surface area contributed by atoms with E-state index in [1.54, 1.807) is 18.2 Å². The standard InChI is InChI=1S/C13H12N2O4S2/c1-18-10-5-9(6-11(7-10)19-2)15-21(16,17)13-4-3-12(8-14)20-13/h3-7,15H,1-2H3. The van der Waals surface area contributed by atoms with Crippen LogP contribution >= 0.6 is 11.3 Å². The van der Waals surface area contributed by atoms with E-state index in [9.17, 15) is 8.42 Å². The molecule has 1 aromatic carbocycles. The number of nitrogens with zero attached hydrogens (tertiary/aromatic N) is 1. The number of benzene rings is 1. The van der Waals surface area contributed by atoms with Crippen LogP contribution in [0.1, 0.15) is 4.88 Å². The van der Waals surface area contributed by atoms with Gasteiger partial charge in [-0.3, -0.25) is 4.72 Å². The predicted octanol–water partition coefficient (Wildman–Crippen LogP) is 2.44. The largest absolute Gasteiger partial charge is 0.497 e. The molecule has 0 atom stereocenters. The Morgan fingerprint density at radius 3 is 2.24 bits per heavy atom. The molecule has 0 saturated heterocycles. The van der Waals surface area contributed by atoms with Crippen molar-refractivity contribution in [3.63, 3.8) is 0 Å². The second kappa shape index (κ2) is 6.03. The molecule has 0 fully saturated rings.